The molecule has 0 bridgehead atoms. The third kappa shape index (κ3) is 7.84. The van der Waals surface area contributed by atoms with Crippen LogP contribution in [0.3, 0.4) is 0 Å². The van der Waals surface area contributed by atoms with Crippen molar-refractivity contribution in [1.29, 1.82) is 0 Å². The van der Waals surface area contributed by atoms with Crippen molar-refractivity contribution in [3.63, 3.8) is 0 Å². The summed E-state index contributed by atoms with van der Waals surface area (Å²) in [6.07, 6.45) is 0.486. The van der Waals surface area contributed by atoms with Crippen LogP contribution in [0, 0.1) is 5.92 Å². The number of amides is 1. The Morgan fingerprint density at radius 1 is 1.10 bits per heavy atom. The van der Waals surface area contributed by atoms with Crippen molar-refractivity contribution in [2.45, 2.75) is 25.2 Å². The molecule has 30 heavy (non-hydrogen) atoms. The first-order valence-corrected chi connectivity index (χ1v) is 11.0. The minimum atomic E-state index is -3.73. The third-order valence-corrected chi connectivity index (χ3v) is 4.90. The molecule has 0 fully saturated rings. The van der Waals surface area contributed by atoms with E-state index in [1.807, 2.05) is 13.8 Å². The summed E-state index contributed by atoms with van der Waals surface area (Å²) in [6.45, 7) is 4.49. The zero-order chi connectivity index (χ0) is 22.1. The van der Waals surface area contributed by atoms with E-state index in [1.54, 1.807) is 36.4 Å². The lowest BCUT2D eigenvalue weighted by atomic mass is 10.1. The van der Waals surface area contributed by atoms with Gasteiger partial charge < -0.3 is 14.8 Å². The topological polar surface area (TPSA) is 125 Å². The van der Waals surface area contributed by atoms with Gasteiger partial charge in [-0.05, 0) is 48.2 Å². The molecule has 9 heteroatoms. The van der Waals surface area contributed by atoms with Crippen molar-refractivity contribution in [2.75, 3.05) is 19.8 Å². The highest BCUT2D eigenvalue weighted by atomic mass is 32.2. The van der Waals surface area contributed by atoms with Gasteiger partial charge in [-0.15, -0.1) is 0 Å². The predicted molar refractivity (Wildman–Crippen MR) is 112 cm³/mol. The molecule has 0 heterocycles. The molecule has 1 amide bonds. The average Bonchev–Trinajstić information content (AvgIpc) is 2.70. The van der Waals surface area contributed by atoms with Crippen LogP contribution < -0.4 is 15.2 Å². The van der Waals surface area contributed by atoms with Crippen LogP contribution in [0.25, 0.3) is 0 Å². The maximum absolute atomic E-state index is 12.1. The predicted octanol–water partition coefficient (Wildman–Crippen LogP) is 1.88. The molecule has 0 aliphatic rings. The van der Waals surface area contributed by atoms with Crippen molar-refractivity contribution in [2.24, 2.45) is 11.1 Å². The van der Waals surface area contributed by atoms with E-state index in [0.717, 1.165) is 5.56 Å². The summed E-state index contributed by atoms with van der Waals surface area (Å²) in [5.41, 5.74) is 1.14. The first-order chi connectivity index (χ1) is 14.1. The monoisotopic (exact) mass is 434 g/mol. The number of rotatable bonds is 10. The van der Waals surface area contributed by atoms with Gasteiger partial charge in [0.2, 0.25) is 10.0 Å². The van der Waals surface area contributed by atoms with Gasteiger partial charge in [0.25, 0.3) is 5.91 Å². The molecular weight excluding hydrogens is 408 g/mol. The zero-order valence-electron chi connectivity index (χ0n) is 17.0. The second-order valence-electron chi connectivity index (χ2n) is 7.10. The Bertz CT molecular complexity index is 971. The summed E-state index contributed by atoms with van der Waals surface area (Å²) in [6, 6.07) is 12.7. The van der Waals surface area contributed by atoms with E-state index in [2.05, 4.69) is 5.32 Å². The molecule has 0 aliphatic heterocycles. The molecule has 2 aromatic carbocycles. The number of hydrogen-bond donors (Lipinski definition) is 2. The van der Waals surface area contributed by atoms with E-state index in [0.29, 0.717) is 36.8 Å². The summed E-state index contributed by atoms with van der Waals surface area (Å²) in [5.74, 6) is -0.123. The average molecular weight is 435 g/mol. The van der Waals surface area contributed by atoms with E-state index in [1.165, 1.54) is 12.1 Å². The number of esters is 1. The SMILES string of the molecule is CC(C)COc1cccc(C(=O)OCC(=O)NCCc2ccc(S(N)(=O)=O)cc2)c1. The van der Waals surface area contributed by atoms with Crippen molar-refractivity contribution in [3.8, 4) is 5.75 Å². The molecule has 2 aromatic rings. The van der Waals surface area contributed by atoms with Gasteiger partial charge in [-0.1, -0.05) is 32.0 Å². The van der Waals surface area contributed by atoms with Crippen molar-refractivity contribution >= 4 is 21.9 Å². The maximum Gasteiger partial charge on any atom is 0.338 e. The van der Waals surface area contributed by atoms with Gasteiger partial charge in [0.15, 0.2) is 6.61 Å². The van der Waals surface area contributed by atoms with E-state index in [9.17, 15) is 18.0 Å². The Kier molecular flexibility index (Phi) is 8.37. The molecule has 0 spiro atoms. The number of carbonyl (C=O) groups excluding carboxylic acids is 2. The molecule has 0 atom stereocenters. The first-order valence-electron chi connectivity index (χ1n) is 9.43. The van der Waals surface area contributed by atoms with Crippen LogP contribution in [0.5, 0.6) is 5.75 Å². The van der Waals surface area contributed by atoms with Crippen LogP contribution in [0.4, 0.5) is 0 Å². The molecule has 8 nitrogen and oxygen atoms in total. The Balaban J connectivity index is 1.75. The van der Waals surface area contributed by atoms with E-state index in [4.69, 9.17) is 14.6 Å². The Hall–Kier alpha value is -2.91. The van der Waals surface area contributed by atoms with E-state index in [-0.39, 0.29) is 4.90 Å². The second-order valence-corrected chi connectivity index (χ2v) is 8.66. The quantitative estimate of drug-likeness (QED) is 0.550. The Morgan fingerprint density at radius 3 is 2.43 bits per heavy atom. The Labute approximate surface area is 176 Å². The molecule has 3 N–H and O–H groups in total. The minimum Gasteiger partial charge on any atom is -0.493 e. The third-order valence-electron chi connectivity index (χ3n) is 3.98. The number of primary sulfonamides is 1. The van der Waals surface area contributed by atoms with Gasteiger partial charge in [-0.3, -0.25) is 4.79 Å². The fraction of sp³-hybridized carbons (Fsp3) is 0.333. The molecule has 162 valence electrons. The molecule has 0 radical (unpaired) electrons. The highest BCUT2D eigenvalue weighted by Crippen LogP contribution is 2.15. The van der Waals surface area contributed by atoms with Gasteiger partial charge in [0.05, 0.1) is 17.1 Å². The molecule has 0 saturated carbocycles. The summed E-state index contributed by atoms with van der Waals surface area (Å²) in [4.78, 5) is 24.0. The van der Waals surface area contributed by atoms with E-state index >= 15 is 0 Å². The number of nitrogens with one attached hydrogen (secondary N) is 1. The number of ether oxygens (including phenoxy) is 2. The molecular formula is C21H26N2O6S. The standard InChI is InChI=1S/C21H26N2O6S/c1-15(2)13-28-18-5-3-4-17(12-18)21(25)29-14-20(24)23-11-10-16-6-8-19(9-7-16)30(22,26)27/h3-9,12,15H,10-11,13-14H2,1-2H3,(H,23,24)(H2,22,26,27). The molecule has 0 aliphatic carbocycles. The van der Waals surface area contributed by atoms with Crippen molar-refractivity contribution in [1.82, 2.24) is 5.32 Å². The van der Waals surface area contributed by atoms with Gasteiger partial charge >= 0.3 is 5.97 Å². The van der Waals surface area contributed by atoms with Crippen molar-refractivity contribution in [3.05, 3.63) is 59.7 Å². The largest absolute Gasteiger partial charge is 0.493 e. The molecule has 2 rings (SSSR count). The van der Waals surface area contributed by atoms with E-state index < -0.39 is 28.5 Å². The van der Waals surface area contributed by atoms with Gasteiger partial charge in [-0.25, -0.2) is 18.4 Å². The van der Waals surface area contributed by atoms with Crippen molar-refractivity contribution < 1.29 is 27.5 Å². The Morgan fingerprint density at radius 2 is 1.80 bits per heavy atom. The lowest BCUT2D eigenvalue weighted by Crippen LogP contribution is -2.30. The van der Waals surface area contributed by atoms with Gasteiger partial charge in [-0.2, -0.15) is 0 Å². The van der Waals surface area contributed by atoms with Crippen LogP contribution in [0.15, 0.2) is 53.4 Å². The number of hydrogen-bond acceptors (Lipinski definition) is 6. The summed E-state index contributed by atoms with van der Waals surface area (Å²) in [7, 11) is -3.73. The summed E-state index contributed by atoms with van der Waals surface area (Å²) >= 11 is 0. The normalized spacial score (nSPS) is 11.2. The maximum atomic E-state index is 12.1. The number of carbonyl (C=O) groups is 2. The van der Waals surface area contributed by atoms with Crippen LogP contribution >= 0.6 is 0 Å². The minimum absolute atomic E-state index is 0.0286. The van der Waals surface area contributed by atoms with Gasteiger partial charge in [0.1, 0.15) is 5.75 Å². The lowest BCUT2D eigenvalue weighted by Gasteiger charge is -2.10. The number of nitrogens with two attached hydrogens (primary N) is 1. The van der Waals surface area contributed by atoms with Crippen LogP contribution in [0.1, 0.15) is 29.8 Å². The fourth-order valence-corrected chi connectivity index (χ4v) is 2.95. The molecule has 0 saturated heterocycles. The van der Waals surface area contributed by atoms with Gasteiger partial charge in [0, 0.05) is 6.54 Å². The smallest absolute Gasteiger partial charge is 0.338 e. The second kappa shape index (κ2) is 10.7. The highest BCUT2D eigenvalue weighted by Gasteiger charge is 2.12. The fourth-order valence-electron chi connectivity index (χ4n) is 2.43. The molecule has 0 aromatic heterocycles. The highest BCUT2D eigenvalue weighted by molar-refractivity contribution is 7.89. The summed E-state index contributed by atoms with van der Waals surface area (Å²) in [5, 5.41) is 7.69. The zero-order valence-corrected chi connectivity index (χ0v) is 17.8. The van der Waals surface area contributed by atoms with Crippen LogP contribution in [-0.2, 0) is 26.0 Å². The van der Waals surface area contributed by atoms with Crippen LogP contribution in [-0.4, -0.2) is 40.1 Å². The number of sulfonamides is 1. The lowest BCUT2D eigenvalue weighted by molar-refractivity contribution is -0.124. The first kappa shape index (κ1) is 23.4. The summed E-state index contributed by atoms with van der Waals surface area (Å²) < 4.78 is 33.1. The number of benzene rings is 2. The van der Waals surface area contributed by atoms with Crippen LogP contribution in [0.2, 0.25) is 0 Å². The molecule has 0 unspecified atom stereocenters.